The molecular weight excluding hydrogens is 406 g/mol. The molecule has 0 radical (unpaired) electrons. The number of carboxylic acid groups (broad SMARTS) is 2. The first-order valence-corrected chi connectivity index (χ1v) is 9.92. The molecule has 156 valence electrons. The standard InChI is InChI=1S/C18H18ClN3.C4H4O4/c19-15-6-2-4-8-17(15)22-16-7-3-1-5-14(16)18(21-22)13-9-11-20-12-10-13;5-3(6)1-2-4(7)8/h1-8,13,20H,9-12H2;1-2H,(H,5,6)(H,7,8). The Bertz CT molecular complexity index is 1060. The molecule has 3 aromatic rings. The third-order valence-corrected chi connectivity index (χ3v) is 5.11. The molecule has 0 atom stereocenters. The smallest absolute Gasteiger partial charge is 0.328 e. The highest BCUT2D eigenvalue weighted by atomic mass is 35.5. The van der Waals surface area contributed by atoms with Crippen LogP contribution in [0.2, 0.25) is 5.02 Å². The van der Waals surface area contributed by atoms with Gasteiger partial charge in [-0.25, -0.2) is 14.3 Å². The summed E-state index contributed by atoms with van der Waals surface area (Å²) in [7, 11) is 0. The number of aliphatic carboxylic acids is 2. The molecule has 0 aliphatic carbocycles. The average Bonchev–Trinajstić information content (AvgIpc) is 3.13. The molecule has 1 saturated heterocycles. The molecule has 1 aromatic heterocycles. The van der Waals surface area contributed by atoms with Crippen LogP contribution in [0.3, 0.4) is 0 Å². The van der Waals surface area contributed by atoms with E-state index in [2.05, 4.69) is 29.6 Å². The number of hydrogen-bond acceptors (Lipinski definition) is 4. The number of nitrogens with one attached hydrogen (secondary N) is 1. The summed E-state index contributed by atoms with van der Waals surface area (Å²) in [6.45, 7) is 2.13. The number of hydrogen-bond donors (Lipinski definition) is 3. The number of halogens is 1. The Morgan fingerprint density at radius 3 is 2.23 bits per heavy atom. The summed E-state index contributed by atoms with van der Waals surface area (Å²) in [5.74, 6) is -1.99. The summed E-state index contributed by atoms with van der Waals surface area (Å²) in [6, 6.07) is 16.3. The number of benzene rings is 2. The van der Waals surface area contributed by atoms with Crippen LogP contribution in [-0.4, -0.2) is 45.0 Å². The average molecular weight is 428 g/mol. The Balaban J connectivity index is 0.000000275. The molecule has 0 amide bonds. The summed E-state index contributed by atoms with van der Waals surface area (Å²) < 4.78 is 2.00. The molecule has 0 saturated carbocycles. The number of carboxylic acids is 2. The lowest BCUT2D eigenvalue weighted by Gasteiger charge is -2.21. The van der Waals surface area contributed by atoms with Crippen LogP contribution in [0.4, 0.5) is 0 Å². The Hall–Kier alpha value is -3.16. The van der Waals surface area contributed by atoms with E-state index in [-0.39, 0.29) is 0 Å². The van der Waals surface area contributed by atoms with Crippen LogP contribution >= 0.6 is 11.6 Å². The van der Waals surface area contributed by atoms with Crippen molar-refractivity contribution in [1.82, 2.24) is 15.1 Å². The third kappa shape index (κ3) is 5.25. The highest BCUT2D eigenvalue weighted by molar-refractivity contribution is 6.32. The zero-order valence-corrected chi connectivity index (χ0v) is 16.9. The number of para-hydroxylation sites is 2. The fraction of sp³-hybridized carbons (Fsp3) is 0.227. The molecule has 0 unspecified atom stereocenters. The minimum atomic E-state index is -1.26. The minimum Gasteiger partial charge on any atom is -0.478 e. The first kappa shape index (κ1) is 21.5. The van der Waals surface area contributed by atoms with E-state index in [4.69, 9.17) is 26.9 Å². The van der Waals surface area contributed by atoms with E-state index in [1.807, 2.05) is 28.9 Å². The van der Waals surface area contributed by atoms with Gasteiger partial charge in [-0.15, -0.1) is 0 Å². The zero-order chi connectivity index (χ0) is 21.5. The van der Waals surface area contributed by atoms with Gasteiger partial charge in [0.25, 0.3) is 0 Å². The minimum absolute atomic E-state index is 0.523. The maximum atomic E-state index is 9.55. The van der Waals surface area contributed by atoms with E-state index < -0.39 is 11.9 Å². The van der Waals surface area contributed by atoms with Crippen LogP contribution in [0.5, 0.6) is 0 Å². The van der Waals surface area contributed by atoms with E-state index in [0.29, 0.717) is 18.1 Å². The van der Waals surface area contributed by atoms with Gasteiger partial charge in [0, 0.05) is 23.5 Å². The summed E-state index contributed by atoms with van der Waals surface area (Å²) in [5, 5.41) is 26.0. The van der Waals surface area contributed by atoms with E-state index >= 15 is 0 Å². The summed E-state index contributed by atoms with van der Waals surface area (Å²) in [4.78, 5) is 19.1. The lowest BCUT2D eigenvalue weighted by Crippen LogP contribution is -2.26. The van der Waals surface area contributed by atoms with Gasteiger partial charge in [-0.2, -0.15) is 5.10 Å². The molecule has 4 rings (SSSR count). The molecule has 0 bridgehead atoms. The summed E-state index contributed by atoms with van der Waals surface area (Å²) in [6.07, 6.45) is 3.40. The van der Waals surface area contributed by atoms with Crippen molar-refractivity contribution in [1.29, 1.82) is 0 Å². The van der Waals surface area contributed by atoms with Crippen LogP contribution in [0.15, 0.2) is 60.7 Å². The predicted octanol–water partition coefficient (Wildman–Crippen LogP) is 3.86. The Kier molecular flexibility index (Phi) is 7.21. The Labute approximate surface area is 178 Å². The molecule has 1 aliphatic heterocycles. The topological polar surface area (TPSA) is 104 Å². The monoisotopic (exact) mass is 427 g/mol. The van der Waals surface area contributed by atoms with Gasteiger partial charge in [-0.3, -0.25) is 0 Å². The second kappa shape index (κ2) is 10.0. The number of piperidine rings is 1. The molecular formula is C22H22ClN3O4. The van der Waals surface area contributed by atoms with E-state index in [1.54, 1.807) is 0 Å². The quantitative estimate of drug-likeness (QED) is 0.546. The number of carbonyl (C=O) groups is 2. The van der Waals surface area contributed by atoms with Crippen molar-refractivity contribution in [2.45, 2.75) is 18.8 Å². The van der Waals surface area contributed by atoms with Crippen molar-refractivity contribution in [3.05, 3.63) is 71.4 Å². The van der Waals surface area contributed by atoms with Crippen molar-refractivity contribution >= 4 is 34.4 Å². The maximum absolute atomic E-state index is 9.55. The van der Waals surface area contributed by atoms with Gasteiger partial charge in [0.15, 0.2) is 0 Å². The molecule has 3 N–H and O–H groups in total. The number of rotatable bonds is 4. The summed E-state index contributed by atoms with van der Waals surface area (Å²) >= 11 is 6.38. The Morgan fingerprint density at radius 1 is 1.00 bits per heavy atom. The van der Waals surface area contributed by atoms with Crippen molar-refractivity contribution < 1.29 is 19.8 Å². The fourth-order valence-corrected chi connectivity index (χ4v) is 3.65. The van der Waals surface area contributed by atoms with Crippen molar-refractivity contribution in [3.63, 3.8) is 0 Å². The van der Waals surface area contributed by atoms with Crippen molar-refractivity contribution in [3.8, 4) is 5.69 Å². The number of aromatic nitrogens is 2. The fourth-order valence-electron chi connectivity index (χ4n) is 3.44. The molecule has 8 heteroatoms. The van der Waals surface area contributed by atoms with Crippen molar-refractivity contribution in [2.75, 3.05) is 13.1 Å². The lowest BCUT2D eigenvalue weighted by atomic mass is 9.93. The normalized spacial score (nSPS) is 14.4. The van der Waals surface area contributed by atoms with Crippen LogP contribution in [0, 0.1) is 0 Å². The van der Waals surface area contributed by atoms with E-state index in [9.17, 15) is 9.59 Å². The Morgan fingerprint density at radius 2 is 1.60 bits per heavy atom. The molecule has 2 heterocycles. The molecule has 30 heavy (non-hydrogen) atoms. The van der Waals surface area contributed by atoms with Gasteiger partial charge < -0.3 is 15.5 Å². The van der Waals surface area contributed by atoms with Crippen LogP contribution < -0.4 is 5.32 Å². The molecule has 2 aromatic carbocycles. The molecule has 1 fully saturated rings. The van der Waals surface area contributed by atoms with Gasteiger partial charge in [0.05, 0.1) is 21.9 Å². The van der Waals surface area contributed by atoms with E-state index in [1.165, 1.54) is 11.1 Å². The van der Waals surface area contributed by atoms with Crippen LogP contribution in [-0.2, 0) is 9.59 Å². The van der Waals surface area contributed by atoms with Gasteiger partial charge in [-0.05, 0) is 44.1 Å². The SMILES string of the molecule is Clc1ccccc1-n1nc(C2CCNCC2)c2ccccc21.O=C(O)C=CC(=O)O. The van der Waals surface area contributed by atoms with Crippen LogP contribution in [0.1, 0.15) is 24.5 Å². The van der Waals surface area contributed by atoms with Gasteiger partial charge in [0.1, 0.15) is 0 Å². The van der Waals surface area contributed by atoms with Crippen LogP contribution in [0.25, 0.3) is 16.6 Å². The summed E-state index contributed by atoms with van der Waals surface area (Å²) in [5.41, 5.74) is 3.28. The zero-order valence-electron chi connectivity index (χ0n) is 16.2. The first-order chi connectivity index (χ1) is 14.5. The largest absolute Gasteiger partial charge is 0.478 e. The van der Waals surface area contributed by atoms with E-state index in [0.717, 1.165) is 42.2 Å². The number of fused-ring (bicyclic) bond motifs is 1. The third-order valence-electron chi connectivity index (χ3n) is 4.79. The maximum Gasteiger partial charge on any atom is 0.328 e. The second-order valence-electron chi connectivity index (χ2n) is 6.80. The lowest BCUT2D eigenvalue weighted by molar-refractivity contribution is -0.134. The van der Waals surface area contributed by atoms with Gasteiger partial charge >= 0.3 is 11.9 Å². The van der Waals surface area contributed by atoms with Gasteiger partial charge in [0.2, 0.25) is 0 Å². The highest BCUT2D eigenvalue weighted by Crippen LogP contribution is 2.33. The highest BCUT2D eigenvalue weighted by Gasteiger charge is 2.22. The molecule has 0 spiro atoms. The van der Waals surface area contributed by atoms with Gasteiger partial charge in [-0.1, -0.05) is 41.9 Å². The van der Waals surface area contributed by atoms with Crippen molar-refractivity contribution in [2.24, 2.45) is 0 Å². The first-order valence-electron chi connectivity index (χ1n) is 9.54. The second-order valence-corrected chi connectivity index (χ2v) is 7.21. The molecule has 1 aliphatic rings. The molecule has 7 nitrogen and oxygen atoms in total. The predicted molar refractivity (Wildman–Crippen MR) is 115 cm³/mol. The number of nitrogens with zero attached hydrogens (tertiary/aromatic N) is 2.